The average Bonchev–Trinajstić information content (AvgIpc) is 2.69. The molecule has 1 heterocycles. The number of amides is 1. The highest BCUT2D eigenvalue weighted by Crippen LogP contribution is 2.19. The van der Waals surface area contributed by atoms with Crippen molar-refractivity contribution in [1.29, 1.82) is 0 Å². The van der Waals surface area contributed by atoms with Gasteiger partial charge in [0.1, 0.15) is 0 Å². The van der Waals surface area contributed by atoms with Crippen molar-refractivity contribution in [2.24, 2.45) is 0 Å². The van der Waals surface area contributed by atoms with E-state index >= 15 is 0 Å². The summed E-state index contributed by atoms with van der Waals surface area (Å²) in [6, 6.07) is 4.64. The Hall–Kier alpha value is -1.62. The van der Waals surface area contributed by atoms with Gasteiger partial charge < -0.3 is 14.9 Å². The Morgan fingerprint density at radius 2 is 2.14 bits per heavy atom. The van der Waals surface area contributed by atoms with Crippen molar-refractivity contribution >= 4 is 5.91 Å². The highest BCUT2D eigenvalue weighted by Gasteiger charge is 2.21. The standard InChI is InChI=1S/C16H23FN2O2/c1-18(2)13-4-3-8-19(9-7-13)16(21)11-12-5-6-15(20)14(17)10-12/h5-6,10,13,20H,3-4,7-9,11H2,1-2H3. The first-order valence-electron chi connectivity index (χ1n) is 7.39. The van der Waals surface area contributed by atoms with E-state index in [1.54, 1.807) is 6.07 Å². The zero-order valence-corrected chi connectivity index (χ0v) is 12.7. The van der Waals surface area contributed by atoms with Crippen LogP contribution in [0.15, 0.2) is 18.2 Å². The maximum Gasteiger partial charge on any atom is 0.226 e. The molecule has 4 nitrogen and oxygen atoms in total. The summed E-state index contributed by atoms with van der Waals surface area (Å²) >= 11 is 0. The molecule has 1 aromatic rings. The Labute approximate surface area is 125 Å². The van der Waals surface area contributed by atoms with Crippen molar-refractivity contribution in [2.75, 3.05) is 27.2 Å². The number of phenolic OH excluding ortho intramolecular Hbond substituents is 1. The number of phenols is 1. The second-order valence-corrected chi connectivity index (χ2v) is 5.89. The molecule has 1 fully saturated rings. The van der Waals surface area contributed by atoms with E-state index in [9.17, 15) is 9.18 Å². The lowest BCUT2D eigenvalue weighted by atomic mass is 10.1. The minimum absolute atomic E-state index is 0.0273. The van der Waals surface area contributed by atoms with Gasteiger partial charge in [0, 0.05) is 19.1 Å². The number of benzene rings is 1. The number of nitrogens with zero attached hydrogens (tertiary/aromatic N) is 2. The van der Waals surface area contributed by atoms with Gasteiger partial charge in [-0.1, -0.05) is 6.07 Å². The first-order chi connectivity index (χ1) is 9.97. The predicted molar refractivity (Wildman–Crippen MR) is 79.7 cm³/mol. The van der Waals surface area contributed by atoms with E-state index in [1.807, 2.05) is 4.90 Å². The summed E-state index contributed by atoms with van der Waals surface area (Å²) in [5.74, 6) is -1.03. The SMILES string of the molecule is CN(C)C1CCCN(C(=O)Cc2ccc(O)c(F)c2)CC1. The van der Waals surface area contributed by atoms with Gasteiger partial charge in [-0.2, -0.15) is 0 Å². The third-order valence-electron chi connectivity index (χ3n) is 4.15. The van der Waals surface area contributed by atoms with Crippen LogP contribution in [0.4, 0.5) is 4.39 Å². The Morgan fingerprint density at radius 3 is 2.81 bits per heavy atom. The van der Waals surface area contributed by atoms with Crippen LogP contribution in [0.25, 0.3) is 0 Å². The van der Waals surface area contributed by atoms with Crippen molar-refractivity contribution in [2.45, 2.75) is 31.7 Å². The summed E-state index contributed by atoms with van der Waals surface area (Å²) in [5.41, 5.74) is 0.601. The first kappa shape index (κ1) is 15.8. The number of aromatic hydroxyl groups is 1. The summed E-state index contributed by atoms with van der Waals surface area (Å²) in [5, 5.41) is 9.17. The maximum atomic E-state index is 13.3. The van der Waals surface area contributed by atoms with Gasteiger partial charge in [0.25, 0.3) is 0 Å². The largest absolute Gasteiger partial charge is 0.505 e. The van der Waals surface area contributed by atoms with Gasteiger partial charge in [-0.05, 0) is 51.1 Å². The molecule has 0 bridgehead atoms. The molecule has 1 aliphatic heterocycles. The quantitative estimate of drug-likeness (QED) is 0.927. The van der Waals surface area contributed by atoms with Crippen molar-refractivity contribution in [1.82, 2.24) is 9.80 Å². The number of likely N-dealkylation sites (tertiary alicyclic amines) is 1. The van der Waals surface area contributed by atoms with E-state index in [2.05, 4.69) is 19.0 Å². The molecule has 1 saturated heterocycles. The molecule has 0 radical (unpaired) electrons. The highest BCUT2D eigenvalue weighted by molar-refractivity contribution is 5.78. The molecule has 1 N–H and O–H groups in total. The third-order valence-corrected chi connectivity index (χ3v) is 4.15. The molecule has 0 aliphatic carbocycles. The summed E-state index contributed by atoms with van der Waals surface area (Å²) in [4.78, 5) is 16.4. The van der Waals surface area contributed by atoms with Gasteiger partial charge >= 0.3 is 0 Å². The number of rotatable bonds is 3. The molecule has 1 unspecified atom stereocenters. The van der Waals surface area contributed by atoms with Crippen LogP contribution in [0.1, 0.15) is 24.8 Å². The summed E-state index contributed by atoms with van der Waals surface area (Å²) in [6.07, 6.45) is 3.26. The van der Waals surface area contributed by atoms with Crippen LogP contribution >= 0.6 is 0 Å². The van der Waals surface area contributed by atoms with E-state index in [0.29, 0.717) is 11.6 Å². The average molecular weight is 294 g/mol. The van der Waals surface area contributed by atoms with Crippen LogP contribution in [-0.4, -0.2) is 54.0 Å². The van der Waals surface area contributed by atoms with Gasteiger partial charge in [0.2, 0.25) is 5.91 Å². The first-order valence-corrected chi connectivity index (χ1v) is 7.39. The van der Waals surface area contributed by atoms with Crippen LogP contribution in [-0.2, 0) is 11.2 Å². The monoisotopic (exact) mass is 294 g/mol. The van der Waals surface area contributed by atoms with Crippen LogP contribution in [0.5, 0.6) is 5.75 Å². The molecule has 116 valence electrons. The van der Waals surface area contributed by atoms with Gasteiger partial charge in [-0.3, -0.25) is 4.79 Å². The number of halogens is 1. The van der Waals surface area contributed by atoms with Gasteiger partial charge in [-0.25, -0.2) is 4.39 Å². The van der Waals surface area contributed by atoms with Crippen LogP contribution in [0.2, 0.25) is 0 Å². The van der Waals surface area contributed by atoms with Crippen molar-refractivity contribution in [3.05, 3.63) is 29.6 Å². The maximum absolute atomic E-state index is 13.3. The van der Waals surface area contributed by atoms with E-state index in [1.165, 1.54) is 12.1 Å². The van der Waals surface area contributed by atoms with E-state index < -0.39 is 5.82 Å². The minimum atomic E-state index is -0.677. The summed E-state index contributed by atoms with van der Waals surface area (Å²) in [6.45, 7) is 1.52. The van der Waals surface area contributed by atoms with Crippen molar-refractivity contribution < 1.29 is 14.3 Å². The zero-order chi connectivity index (χ0) is 15.4. The van der Waals surface area contributed by atoms with E-state index in [-0.39, 0.29) is 18.1 Å². The fraction of sp³-hybridized carbons (Fsp3) is 0.562. The molecule has 1 atom stereocenters. The second-order valence-electron chi connectivity index (χ2n) is 5.89. The molecule has 21 heavy (non-hydrogen) atoms. The topological polar surface area (TPSA) is 43.8 Å². The normalized spacial score (nSPS) is 19.6. The van der Waals surface area contributed by atoms with Crippen LogP contribution < -0.4 is 0 Å². The molecule has 0 aromatic heterocycles. The minimum Gasteiger partial charge on any atom is -0.505 e. The molecule has 2 rings (SSSR count). The Balaban J connectivity index is 1.95. The van der Waals surface area contributed by atoms with Crippen molar-refractivity contribution in [3.63, 3.8) is 0 Å². The molecule has 1 aliphatic rings. The summed E-state index contributed by atoms with van der Waals surface area (Å²) < 4.78 is 13.3. The van der Waals surface area contributed by atoms with Gasteiger partial charge in [-0.15, -0.1) is 0 Å². The highest BCUT2D eigenvalue weighted by atomic mass is 19.1. The van der Waals surface area contributed by atoms with Crippen molar-refractivity contribution in [3.8, 4) is 5.75 Å². The molecular formula is C16H23FN2O2. The van der Waals surface area contributed by atoms with E-state index in [0.717, 1.165) is 32.4 Å². The number of hydrogen-bond donors (Lipinski definition) is 1. The Morgan fingerprint density at radius 1 is 1.38 bits per heavy atom. The number of carbonyl (C=O) groups is 1. The zero-order valence-electron chi connectivity index (χ0n) is 12.7. The fourth-order valence-electron chi connectivity index (χ4n) is 2.79. The Bertz CT molecular complexity index is 505. The smallest absolute Gasteiger partial charge is 0.226 e. The van der Waals surface area contributed by atoms with Crippen LogP contribution in [0, 0.1) is 5.82 Å². The third kappa shape index (κ3) is 4.17. The molecule has 5 heteroatoms. The molecule has 1 aromatic carbocycles. The summed E-state index contributed by atoms with van der Waals surface area (Å²) in [7, 11) is 4.14. The van der Waals surface area contributed by atoms with Gasteiger partial charge in [0.05, 0.1) is 6.42 Å². The molecule has 1 amide bonds. The lowest BCUT2D eigenvalue weighted by Crippen LogP contribution is -2.34. The lowest BCUT2D eigenvalue weighted by Gasteiger charge is -2.23. The van der Waals surface area contributed by atoms with Crippen LogP contribution in [0.3, 0.4) is 0 Å². The second kappa shape index (κ2) is 6.89. The molecular weight excluding hydrogens is 271 g/mol. The number of carbonyl (C=O) groups excluding carboxylic acids is 1. The fourth-order valence-corrected chi connectivity index (χ4v) is 2.79. The lowest BCUT2D eigenvalue weighted by molar-refractivity contribution is -0.130. The van der Waals surface area contributed by atoms with Gasteiger partial charge in [0.15, 0.2) is 11.6 Å². The molecule has 0 spiro atoms. The molecule has 0 saturated carbocycles. The predicted octanol–water partition coefficient (Wildman–Crippen LogP) is 2.02. The number of hydrogen-bond acceptors (Lipinski definition) is 3. The van der Waals surface area contributed by atoms with E-state index in [4.69, 9.17) is 5.11 Å². The Kier molecular flexibility index (Phi) is 5.17.